The zero-order chi connectivity index (χ0) is 37.9. The summed E-state index contributed by atoms with van der Waals surface area (Å²) in [5.41, 5.74) is 4.33. The van der Waals surface area contributed by atoms with Crippen LogP contribution in [0.25, 0.3) is 22.2 Å². The molecule has 15 heteroatoms. The highest BCUT2D eigenvalue weighted by Crippen LogP contribution is 2.33. The van der Waals surface area contributed by atoms with E-state index in [1.807, 2.05) is 57.1 Å². The van der Waals surface area contributed by atoms with E-state index in [-0.39, 0.29) is 31.0 Å². The van der Waals surface area contributed by atoms with Gasteiger partial charge in [-0.3, -0.25) is 0 Å². The number of fused-ring (bicyclic) bond motifs is 1. The Kier molecular flexibility index (Phi) is 11.1. The molecule has 294 valence electrons. The summed E-state index contributed by atoms with van der Waals surface area (Å²) in [5.74, 6) is 1.10. The second-order valence-corrected chi connectivity index (χ2v) is 22.0. The number of piperidine rings is 2. The first-order valence-electron chi connectivity index (χ1n) is 19.8. The van der Waals surface area contributed by atoms with Gasteiger partial charge in [-0.25, -0.2) is 19.3 Å². The highest BCUT2D eigenvalue weighted by atomic mass is 28.3. The van der Waals surface area contributed by atoms with E-state index < -0.39 is 14.2 Å². The normalized spacial score (nSPS) is 20.5. The van der Waals surface area contributed by atoms with E-state index in [1.54, 1.807) is 6.20 Å². The third-order valence-corrected chi connectivity index (χ3v) is 13.0. The van der Waals surface area contributed by atoms with Crippen LogP contribution < -0.4 is 10.1 Å². The zero-order valence-corrected chi connectivity index (χ0v) is 33.2. The van der Waals surface area contributed by atoms with Crippen LogP contribution in [0.4, 0.5) is 9.59 Å². The smallest absolute Gasteiger partial charge is 0.410 e. The molecule has 4 saturated heterocycles. The van der Waals surface area contributed by atoms with E-state index in [0.717, 1.165) is 93.1 Å². The van der Waals surface area contributed by atoms with E-state index in [2.05, 4.69) is 34.8 Å². The number of rotatable bonds is 14. The van der Waals surface area contributed by atoms with Crippen molar-refractivity contribution in [3.05, 3.63) is 60.1 Å². The average Bonchev–Trinajstić information content (AvgIpc) is 3.99. The third-order valence-electron chi connectivity index (χ3n) is 11.3. The summed E-state index contributed by atoms with van der Waals surface area (Å²) in [5, 5.41) is 9.34. The number of hydrogen-bond donors (Lipinski definition) is 1. The Morgan fingerprint density at radius 3 is 2.51 bits per heavy atom. The van der Waals surface area contributed by atoms with E-state index in [4.69, 9.17) is 28.5 Å². The highest BCUT2D eigenvalue weighted by molar-refractivity contribution is 6.76. The van der Waals surface area contributed by atoms with Gasteiger partial charge in [-0.2, -0.15) is 5.10 Å². The van der Waals surface area contributed by atoms with Gasteiger partial charge in [0.05, 0.1) is 25.0 Å². The van der Waals surface area contributed by atoms with Crippen molar-refractivity contribution in [3.63, 3.8) is 0 Å². The van der Waals surface area contributed by atoms with Gasteiger partial charge in [0.15, 0.2) is 6.10 Å². The van der Waals surface area contributed by atoms with Gasteiger partial charge >= 0.3 is 12.2 Å². The van der Waals surface area contributed by atoms with Crippen molar-refractivity contribution in [1.82, 2.24) is 34.8 Å². The third kappa shape index (κ3) is 8.85. The number of cyclic esters (lactones) is 2. The van der Waals surface area contributed by atoms with Gasteiger partial charge < -0.3 is 43.4 Å². The number of nitrogens with zero attached hydrogens (tertiary/aromatic N) is 6. The number of furan rings is 1. The SMILES string of the molecule is C[Si](C)(C)CCOCn1nc(C2CN(C3CCNCC3)C(=O)O2)cc1-c1ccc(Oc2ccc3c(CCN4CCC(N5CCOC5=O)CC4)coc3c2)nc1. The fourth-order valence-corrected chi connectivity index (χ4v) is 8.77. The van der Waals surface area contributed by atoms with Crippen LogP contribution in [0.1, 0.15) is 43.0 Å². The lowest BCUT2D eigenvalue weighted by molar-refractivity contribution is 0.0782. The van der Waals surface area contributed by atoms with Gasteiger partial charge in [0.2, 0.25) is 5.88 Å². The molecule has 0 radical (unpaired) electrons. The molecule has 55 heavy (non-hydrogen) atoms. The molecule has 4 aliphatic heterocycles. The number of benzene rings is 1. The van der Waals surface area contributed by atoms with Gasteiger partial charge in [0.1, 0.15) is 30.4 Å². The quantitative estimate of drug-likeness (QED) is 0.111. The first-order chi connectivity index (χ1) is 26.7. The van der Waals surface area contributed by atoms with Crippen LogP contribution in [0.5, 0.6) is 11.6 Å². The van der Waals surface area contributed by atoms with Crippen LogP contribution in [0.15, 0.2) is 53.3 Å². The maximum atomic E-state index is 12.9. The van der Waals surface area contributed by atoms with Crippen molar-refractivity contribution < 1.29 is 33.0 Å². The Labute approximate surface area is 323 Å². The molecule has 8 rings (SSSR count). The number of pyridine rings is 1. The Bertz CT molecular complexity index is 1950. The summed E-state index contributed by atoms with van der Waals surface area (Å²) >= 11 is 0. The number of nitrogens with one attached hydrogen (secondary N) is 1. The van der Waals surface area contributed by atoms with Crippen LogP contribution in [-0.2, 0) is 27.4 Å². The minimum Gasteiger partial charge on any atom is -0.464 e. The van der Waals surface area contributed by atoms with Crippen LogP contribution in [-0.4, -0.2) is 121 Å². The fourth-order valence-electron chi connectivity index (χ4n) is 8.01. The molecule has 4 aliphatic rings. The lowest BCUT2D eigenvalue weighted by Gasteiger charge is -2.35. The van der Waals surface area contributed by atoms with Crippen molar-refractivity contribution in [2.24, 2.45) is 0 Å². The minimum atomic E-state index is -1.26. The van der Waals surface area contributed by atoms with Crippen LogP contribution in [0.2, 0.25) is 25.7 Å². The van der Waals surface area contributed by atoms with Gasteiger partial charge in [-0.15, -0.1) is 0 Å². The number of amides is 2. The molecule has 14 nitrogen and oxygen atoms in total. The van der Waals surface area contributed by atoms with Crippen LogP contribution in [0, 0.1) is 0 Å². The predicted molar refractivity (Wildman–Crippen MR) is 209 cm³/mol. The molecular weight excluding hydrogens is 719 g/mol. The second-order valence-electron chi connectivity index (χ2n) is 16.3. The molecule has 0 aliphatic carbocycles. The first-order valence-corrected chi connectivity index (χ1v) is 23.5. The predicted octanol–water partition coefficient (Wildman–Crippen LogP) is 6.50. The molecule has 1 unspecified atom stereocenters. The molecule has 0 saturated carbocycles. The van der Waals surface area contributed by atoms with Gasteiger partial charge in [0.25, 0.3) is 0 Å². The topological polar surface area (TPSA) is 137 Å². The molecule has 4 aromatic rings. The molecule has 1 N–H and O–H groups in total. The summed E-state index contributed by atoms with van der Waals surface area (Å²) in [4.78, 5) is 35.7. The second kappa shape index (κ2) is 16.3. The number of hydrogen-bond acceptors (Lipinski definition) is 11. The van der Waals surface area contributed by atoms with Crippen molar-refractivity contribution in [3.8, 4) is 22.9 Å². The summed E-state index contributed by atoms with van der Waals surface area (Å²) in [7, 11) is -1.26. The minimum absolute atomic E-state index is 0.166. The lowest BCUT2D eigenvalue weighted by atomic mass is 10.0. The van der Waals surface area contributed by atoms with Crippen LogP contribution in [0.3, 0.4) is 0 Å². The van der Waals surface area contributed by atoms with E-state index in [9.17, 15) is 9.59 Å². The number of carbonyl (C=O) groups excluding carboxylic acids is 2. The van der Waals surface area contributed by atoms with Crippen molar-refractivity contribution in [2.45, 2.75) is 82.7 Å². The summed E-state index contributed by atoms with van der Waals surface area (Å²) in [6.45, 7) is 14.3. The van der Waals surface area contributed by atoms with E-state index >= 15 is 0 Å². The van der Waals surface area contributed by atoms with Gasteiger partial charge in [-0.05, 0) is 81.1 Å². The monoisotopic (exact) mass is 771 g/mol. The maximum Gasteiger partial charge on any atom is 0.410 e. The van der Waals surface area contributed by atoms with E-state index in [0.29, 0.717) is 43.6 Å². The van der Waals surface area contributed by atoms with Crippen molar-refractivity contribution in [1.29, 1.82) is 0 Å². The Hall–Kier alpha value is -4.44. The molecule has 0 bridgehead atoms. The standard InChI is InChI=1S/C40H53N7O7Si/c1-55(2,3)21-20-50-27-47-35(23-34(43-47)37-25-46(40(49)54-37)30-8-13-41-14-9-30)28-4-7-38(42-24-28)53-32-5-6-33-29(26-52-36(33)22-32)10-15-44-16-11-31(12-17-44)45-18-19-51-39(45)48/h4-7,22-24,26,30-31,37,41H,8-21,25,27H2,1-3H3. The number of carbonyl (C=O) groups is 2. The fraction of sp³-hybridized carbons (Fsp3) is 0.550. The van der Waals surface area contributed by atoms with Crippen LogP contribution >= 0.6 is 0 Å². The molecule has 1 atom stereocenters. The molecule has 3 aromatic heterocycles. The molecule has 0 spiro atoms. The van der Waals surface area contributed by atoms with Gasteiger partial charge in [-0.1, -0.05) is 19.6 Å². The molecule has 2 amide bonds. The number of ether oxygens (including phenoxy) is 4. The molecular formula is C40H53N7O7Si. The lowest BCUT2D eigenvalue weighted by Crippen LogP contribution is -2.45. The summed E-state index contributed by atoms with van der Waals surface area (Å²) in [6, 6.07) is 13.2. The Morgan fingerprint density at radius 1 is 0.945 bits per heavy atom. The van der Waals surface area contributed by atoms with Gasteiger partial charge in [0, 0.05) is 75.7 Å². The highest BCUT2D eigenvalue weighted by Gasteiger charge is 2.39. The Balaban J connectivity index is 0.902. The zero-order valence-electron chi connectivity index (χ0n) is 32.2. The maximum absolute atomic E-state index is 12.9. The van der Waals surface area contributed by atoms with Crippen molar-refractivity contribution >= 4 is 31.2 Å². The molecule has 4 fully saturated rings. The number of likely N-dealkylation sites (tertiary alicyclic amines) is 1. The first kappa shape index (κ1) is 37.5. The molecule has 7 heterocycles. The number of aromatic nitrogens is 3. The van der Waals surface area contributed by atoms with Crippen molar-refractivity contribution in [2.75, 3.05) is 59.0 Å². The van der Waals surface area contributed by atoms with E-state index in [1.165, 1.54) is 5.56 Å². The average molecular weight is 772 g/mol. The molecule has 1 aromatic carbocycles. The summed E-state index contributed by atoms with van der Waals surface area (Å²) < 4.78 is 31.1. The Morgan fingerprint density at radius 2 is 1.76 bits per heavy atom. The largest absolute Gasteiger partial charge is 0.464 e. The summed E-state index contributed by atoms with van der Waals surface area (Å²) in [6.07, 6.45) is 7.42.